The largest absolute Gasteiger partial charge is 0.481 e. The van der Waals surface area contributed by atoms with E-state index in [0.29, 0.717) is 18.1 Å². The van der Waals surface area contributed by atoms with E-state index in [0.717, 1.165) is 16.9 Å². The quantitative estimate of drug-likeness (QED) is 0.724. The van der Waals surface area contributed by atoms with Crippen LogP contribution in [0.15, 0.2) is 48.9 Å². The summed E-state index contributed by atoms with van der Waals surface area (Å²) in [5, 5.41) is 16.1. The molecular formula is C17H17N5O2. The van der Waals surface area contributed by atoms with Gasteiger partial charge in [-0.1, -0.05) is 6.07 Å². The lowest BCUT2D eigenvalue weighted by Crippen LogP contribution is -2.02. The molecule has 0 aliphatic heterocycles. The van der Waals surface area contributed by atoms with Gasteiger partial charge in [-0.25, -0.2) is 14.6 Å². The molecule has 3 aromatic rings. The first-order valence-corrected chi connectivity index (χ1v) is 7.52. The van der Waals surface area contributed by atoms with Crippen LogP contribution in [0.2, 0.25) is 0 Å². The molecule has 0 spiro atoms. The molecule has 122 valence electrons. The summed E-state index contributed by atoms with van der Waals surface area (Å²) in [6.45, 7) is 2.00. The molecule has 0 atom stereocenters. The summed E-state index contributed by atoms with van der Waals surface area (Å²) in [5.74, 6) is 1.21. The number of pyridine rings is 2. The zero-order valence-electron chi connectivity index (χ0n) is 13.2. The number of hydrogen-bond donors (Lipinski definition) is 2. The molecule has 0 unspecified atom stereocenters. The van der Waals surface area contributed by atoms with Crippen LogP contribution < -0.4 is 5.32 Å². The lowest BCUT2D eigenvalue weighted by atomic mass is 10.2. The zero-order chi connectivity index (χ0) is 16.9. The molecule has 0 saturated carbocycles. The second kappa shape index (κ2) is 6.91. The minimum Gasteiger partial charge on any atom is -0.481 e. The molecule has 7 nitrogen and oxygen atoms in total. The molecule has 2 N–H and O–H groups in total. The predicted molar refractivity (Wildman–Crippen MR) is 89.6 cm³/mol. The molecular weight excluding hydrogens is 306 g/mol. The highest BCUT2D eigenvalue weighted by Gasteiger charge is 2.06. The Kier molecular flexibility index (Phi) is 4.51. The number of rotatable bonds is 6. The maximum Gasteiger partial charge on any atom is 0.303 e. The lowest BCUT2D eigenvalue weighted by Gasteiger charge is -2.07. The number of nitrogens with one attached hydrogen (secondary N) is 1. The molecule has 0 fully saturated rings. The molecule has 0 radical (unpaired) electrons. The first-order valence-electron chi connectivity index (χ1n) is 7.52. The van der Waals surface area contributed by atoms with Gasteiger partial charge in [0, 0.05) is 18.8 Å². The van der Waals surface area contributed by atoms with E-state index >= 15 is 0 Å². The fourth-order valence-electron chi connectivity index (χ4n) is 2.22. The third-order valence-electron chi connectivity index (χ3n) is 3.40. The summed E-state index contributed by atoms with van der Waals surface area (Å²) >= 11 is 0. The molecule has 3 rings (SSSR count). The van der Waals surface area contributed by atoms with Gasteiger partial charge in [0.1, 0.15) is 11.6 Å². The summed E-state index contributed by atoms with van der Waals surface area (Å²) in [6, 6.07) is 9.42. The van der Waals surface area contributed by atoms with Crippen molar-refractivity contribution in [2.24, 2.45) is 0 Å². The Hall–Kier alpha value is -3.22. The van der Waals surface area contributed by atoms with E-state index in [9.17, 15) is 4.79 Å². The zero-order valence-corrected chi connectivity index (χ0v) is 13.2. The van der Waals surface area contributed by atoms with Gasteiger partial charge >= 0.3 is 5.97 Å². The van der Waals surface area contributed by atoms with E-state index in [-0.39, 0.29) is 6.42 Å². The molecule has 0 bridgehead atoms. The SMILES string of the molecule is Cc1ccnc(Nc2cccc(-n3cc(CCC(=O)O)cn3)n2)c1. The maximum atomic E-state index is 10.6. The van der Waals surface area contributed by atoms with E-state index in [1.165, 1.54) is 0 Å². The predicted octanol–water partition coefficient (Wildman–Crippen LogP) is 2.73. The van der Waals surface area contributed by atoms with Gasteiger partial charge in [-0.05, 0) is 48.7 Å². The molecule has 0 amide bonds. The van der Waals surface area contributed by atoms with Crippen molar-refractivity contribution >= 4 is 17.6 Å². The van der Waals surface area contributed by atoms with Crippen LogP contribution in [-0.2, 0) is 11.2 Å². The van der Waals surface area contributed by atoms with Crippen LogP contribution in [0.5, 0.6) is 0 Å². The third-order valence-corrected chi connectivity index (χ3v) is 3.40. The van der Waals surface area contributed by atoms with Crippen molar-refractivity contribution in [2.45, 2.75) is 19.8 Å². The number of carbonyl (C=O) groups is 1. The summed E-state index contributed by atoms with van der Waals surface area (Å²) < 4.78 is 1.63. The summed E-state index contributed by atoms with van der Waals surface area (Å²) in [7, 11) is 0. The van der Waals surface area contributed by atoms with E-state index in [1.54, 1.807) is 23.3 Å². The molecule has 3 aromatic heterocycles. The van der Waals surface area contributed by atoms with Gasteiger partial charge in [0.25, 0.3) is 0 Å². The van der Waals surface area contributed by atoms with Gasteiger partial charge < -0.3 is 10.4 Å². The van der Waals surface area contributed by atoms with Gasteiger partial charge in [0.05, 0.1) is 6.20 Å². The van der Waals surface area contributed by atoms with Crippen molar-refractivity contribution in [2.75, 3.05) is 5.32 Å². The Labute approximate surface area is 139 Å². The van der Waals surface area contributed by atoms with Crippen LogP contribution in [0.25, 0.3) is 5.82 Å². The number of nitrogens with zero attached hydrogens (tertiary/aromatic N) is 4. The summed E-state index contributed by atoms with van der Waals surface area (Å²) in [5.41, 5.74) is 1.97. The molecule has 0 aliphatic rings. The normalized spacial score (nSPS) is 10.5. The number of anilines is 2. The Morgan fingerprint density at radius 1 is 1.29 bits per heavy atom. The minimum absolute atomic E-state index is 0.0831. The molecule has 7 heteroatoms. The highest BCUT2D eigenvalue weighted by molar-refractivity contribution is 5.67. The van der Waals surface area contributed by atoms with Crippen molar-refractivity contribution < 1.29 is 9.90 Å². The van der Waals surface area contributed by atoms with Crippen LogP contribution in [0.1, 0.15) is 17.5 Å². The van der Waals surface area contributed by atoms with Crippen molar-refractivity contribution in [1.82, 2.24) is 19.7 Å². The highest BCUT2D eigenvalue weighted by atomic mass is 16.4. The molecule has 0 saturated heterocycles. The number of aryl methyl sites for hydroxylation is 2. The first kappa shape index (κ1) is 15.7. The smallest absolute Gasteiger partial charge is 0.303 e. The standard InChI is InChI=1S/C17H17N5O2/c1-12-7-8-18-15(9-12)20-14-3-2-4-16(21-14)22-11-13(10-19-22)5-6-17(23)24/h2-4,7-11H,5-6H2,1H3,(H,23,24)(H,18,20,21). The maximum absolute atomic E-state index is 10.6. The second-order valence-electron chi connectivity index (χ2n) is 5.41. The van der Waals surface area contributed by atoms with E-state index in [2.05, 4.69) is 20.4 Å². The minimum atomic E-state index is -0.822. The number of carboxylic acid groups (broad SMARTS) is 1. The third kappa shape index (κ3) is 3.95. The van der Waals surface area contributed by atoms with Gasteiger partial charge in [0.2, 0.25) is 0 Å². The van der Waals surface area contributed by atoms with E-state index in [1.807, 2.05) is 37.3 Å². The monoisotopic (exact) mass is 323 g/mol. The average Bonchev–Trinajstić information content (AvgIpc) is 3.02. The Balaban J connectivity index is 1.76. The van der Waals surface area contributed by atoms with Gasteiger partial charge in [-0.3, -0.25) is 4.79 Å². The van der Waals surface area contributed by atoms with Crippen molar-refractivity contribution in [3.8, 4) is 5.82 Å². The Morgan fingerprint density at radius 2 is 2.17 bits per heavy atom. The van der Waals surface area contributed by atoms with Crippen LogP contribution >= 0.6 is 0 Å². The van der Waals surface area contributed by atoms with Gasteiger partial charge in [0.15, 0.2) is 5.82 Å². The number of aromatic nitrogens is 4. The molecule has 24 heavy (non-hydrogen) atoms. The van der Waals surface area contributed by atoms with Crippen molar-refractivity contribution in [1.29, 1.82) is 0 Å². The average molecular weight is 323 g/mol. The molecule has 0 aliphatic carbocycles. The van der Waals surface area contributed by atoms with E-state index < -0.39 is 5.97 Å². The second-order valence-corrected chi connectivity index (χ2v) is 5.41. The highest BCUT2D eigenvalue weighted by Crippen LogP contribution is 2.15. The molecule has 0 aromatic carbocycles. The summed E-state index contributed by atoms with van der Waals surface area (Å²) in [4.78, 5) is 19.4. The fraction of sp³-hybridized carbons (Fsp3) is 0.176. The van der Waals surface area contributed by atoms with Gasteiger partial charge in [-0.2, -0.15) is 5.10 Å². The van der Waals surface area contributed by atoms with Crippen LogP contribution in [0, 0.1) is 6.92 Å². The molecule has 3 heterocycles. The number of carboxylic acids is 1. The number of aliphatic carboxylic acids is 1. The lowest BCUT2D eigenvalue weighted by molar-refractivity contribution is -0.136. The summed E-state index contributed by atoms with van der Waals surface area (Å²) in [6.07, 6.45) is 5.72. The van der Waals surface area contributed by atoms with Crippen LogP contribution in [-0.4, -0.2) is 30.8 Å². The van der Waals surface area contributed by atoms with Crippen LogP contribution in [0.3, 0.4) is 0 Å². The Bertz CT molecular complexity index is 859. The van der Waals surface area contributed by atoms with Crippen molar-refractivity contribution in [3.05, 3.63) is 60.0 Å². The van der Waals surface area contributed by atoms with Gasteiger partial charge in [-0.15, -0.1) is 0 Å². The van der Waals surface area contributed by atoms with Crippen molar-refractivity contribution in [3.63, 3.8) is 0 Å². The van der Waals surface area contributed by atoms with E-state index in [4.69, 9.17) is 5.11 Å². The number of hydrogen-bond acceptors (Lipinski definition) is 5. The fourth-order valence-corrected chi connectivity index (χ4v) is 2.22. The first-order chi connectivity index (χ1) is 11.6. The van der Waals surface area contributed by atoms with Crippen LogP contribution in [0.4, 0.5) is 11.6 Å². The topological polar surface area (TPSA) is 92.9 Å². The Morgan fingerprint density at radius 3 is 2.96 bits per heavy atom.